The van der Waals surface area contributed by atoms with Crippen molar-refractivity contribution in [2.45, 2.75) is 0 Å². The highest BCUT2D eigenvalue weighted by molar-refractivity contribution is 6.00. The Labute approximate surface area is 144 Å². The van der Waals surface area contributed by atoms with Crippen LogP contribution < -0.4 is 15.6 Å². The molecule has 0 unspecified atom stereocenters. The highest BCUT2D eigenvalue weighted by Crippen LogP contribution is 2.24. The van der Waals surface area contributed by atoms with Gasteiger partial charge in [-0.05, 0) is 36.4 Å². The number of para-hydroxylation sites is 2. The van der Waals surface area contributed by atoms with E-state index in [1.165, 1.54) is 6.20 Å². The summed E-state index contributed by atoms with van der Waals surface area (Å²) in [5, 5.41) is 0. The molecule has 6 nitrogen and oxygen atoms in total. The number of hydrogen-bond acceptors (Lipinski definition) is 4. The number of benzene rings is 2. The number of hydrazine groups is 1. The molecule has 124 valence electrons. The van der Waals surface area contributed by atoms with E-state index in [9.17, 15) is 9.59 Å². The number of carbonyl (C=O) groups excluding carboxylic acids is 2. The number of aromatic nitrogens is 1. The zero-order chi connectivity index (χ0) is 17.5. The molecule has 0 radical (unpaired) electrons. The largest absolute Gasteiger partial charge is 0.457 e. The number of ether oxygens (including phenoxy) is 1. The summed E-state index contributed by atoms with van der Waals surface area (Å²) in [4.78, 5) is 28.2. The third kappa shape index (κ3) is 4.20. The Kier molecular flexibility index (Phi) is 5.01. The van der Waals surface area contributed by atoms with Crippen molar-refractivity contribution in [3.63, 3.8) is 0 Å². The molecule has 0 fully saturated rings. The van der Waals surface area contributed by atoms with Crippen LogP contribution in [0.4, 0.5) is 0 Å². The van der Waals surface area contributed by atoms with Gasteiger partial charge in [0.1, 0.15) is 11.5 Å². The van der Waals surface area contributed by atoms with Crippen molar-refractivity contribution in [2.24, 2.45) is 0 Å². The molecule has 0 aliphatic rings. The van der Waals surface area contributed by atoms with Gasteiger partial charge in [0.2, 0.25) is 0 Å². The summed E-state index contributed by atoms with van der Waals surface area (Å²) >= 11 is 0. The van der Waals surface area contributed by atoms with E-state index in [0.29, 0.717) is 22.6 Å². The fourth-order valence-electron chi connectivity index (χ4n) is 2.11. The van der Waals surface area contributed by atoms with Gasteiger partial charge in [-0.3, -0.25) is 25.4 Å². The number of nitrogens with one attached hydrogen (secondary N) is 2. The molecule has 0 saturated heterocycles. The molecule has 6 heteroatoms. The van der Waals surface area contributed by atoms with E-state index in [4.69, 9.17) is 4.74 Å². The van der Waals surface area contributed by atoms with Gasteiger partial charge in [-0.1, -0.05) is 30.3 Å². The Morgan fingerprint density at radius 2 is 1.52 bits per heavy atom. The van der Waals surface area contributed by atoms with Gasteiger partial charge in [-0.2, -0.15) is 0 Å². The van der Waals surface area contributed by atoms with Gasteiger partial charge in [-0.25, -0.2) is 0 Å². The summed E-state index contributed by atoms with van der Waals surface area (Å²) in [6, 6.07) is 19.2. The summed E-state index contributed by atoms with van der Waals surface area (Å²) < 4.78 is 5.74. The predicted octanol–water partition coefficient (Wildman–Crippen LogP) is 2.95. The van der Waals surface area contributed by atoms with E-state index in [1.54, 1.807) is 54.7 Å². The summed E-state index contributed by atoms with van der Waals surface area (Å²) in [6.45, 7) is 0. The average molecular weight is 333 g/mol. The molecule has 0 aliphatic heterocycles. The molecule has 3 aromatic rings. The van der Waals surface area contributed by atoms with Crippen molar-refractivity contribution in [1.82, 2.24) is 15.8 Å². The second-order valence-corrected chi connectivity index (χ2v) is 5.06. The van der Waals surface area contributed by atoms with Crippen LogP contribution in [0.15, 0.2) is 79.1 Å². The fraction of sp³-hybridized carbons (Fsp3) is 0. The molecule has 0 atom stereocenters. The lowest BCUT2D eigenvalue weighted by molar-refractivity contribution is 0.0845. The van der Waals surface area contributed by atoms with Crippen molar-refractivity contribution < 1.29 is 14.3 Å². The smallest absolute Gasteiger partial charge is 0.273 e. The molecule has 0 aliphatic carbocycles. The standard InChI is InChI=1S/C19H15N3O3/c23-18(14-7-6-12-20-13-14)21-22-19(24)16-10-4-5-11-17(16)25-15-8-2-1-3-9-15/h1-13H,(H,21,23)(H,22,24). The highest BCUT2D eigenvalue weighted by atomic mass is 16.5. The molecule has 3 rings (SSSR count). The Hall–Kier alpha value is -3.67. The second kappa shape index (κ2) is 7.74. The Morgan fingerprint density at radius 3 is 2.28 bits per heavy atom. The van der Waals surface area contributed by atoms with Crippen LogP contribution in [0.2, 0.25) is 0 Å². The first-order valence-electron chi connectivity index (χ1n) is 7.56. The molecule has 0 bridgehead atoms. The predicted molar refractivity (Wildman–Crippen MR) is 92.1 cm³/mol. The maximum atomic E-state index is 12.4. The Bertz CT molecular complexity index is 867. The molecular formula is C19H15N3O3. The quantitative estimate of drug-likeness (QED) is 0.719. The van der Waals surface area contributed by atoms with E-state index < -0.39 is 11.8 Å². The van der Waals surface area contributed by atoms with E-state index in [0.717, 1.165) is 0 Å². The first-order chi connectivity index (χ1) is 12.2. The topological polar surface area (TPSA) is 80.3 Å². The molecule has 0 spiro atoms. The van der Waals surface area contributed by atoms with Crippen LogP contribution in [-0.2, 0) is 0 Å². The molecule has 1 heterocycles. The minimum Gasteiger partial charge on any atom is -0.457 e. The minimum absolute atomic E-state index is 0.304. The van der Waals surface area contributed by atoms with E-state index in [1.807, 2.05) is 18.2 Å². The van der Waals surface area contributed by atoms with Crippen molar-refractivity contribution >= 4 is 11.8 Å². The number of nitrogens with zero attached hydrogens (tertiary/aromatic N) is 1. The van der Waals surface area contributed by atoms with Gasteiger partial charge in [0, 0.05) is 12.4 Å². The van der Waals surface area contributed by atoms with Crippen molar-refractivity contribution in [3.8, 4) is 11.5 Å². The van der Waals surface area contributed by atoms with Crippen LogP contribution in [0.5, 0.6) is 11.5 Å². The molecule has 2 amide bonds. The summed E-state index contributed by atoms with van der Waals surface area (Å²) in [6.07, 6.45) is 2.97. The van der Waals surface area contributed by atoms with Crippen LogP contribution in [-0.4, -0.2) is 16.8 Å². The van der Waals surface area contributed by atoms with E-state index in [2.05, 4.69) is 15.8 Å². The summed E-state index contributed by atoms with van der Waals surface area (Å²) in [5.41, 5.74) is 5.38. The van der Waals surface area contributed by atoms with Crippen molar-refractivity contribution in [2.75, 3.05) is 0 Å². The van der Waals surface area contributed by atoms with E-state index in [-0.39, 0.29) is 0 Å². The third-order valence-corrected chi connectivity index (χ3v) is 3.32. The fourth-order valence-corrected chi connectivity index (χ4v) is 2.11. The lowest BCUT2D eigenvalue weighted by Crippen LogP contribution is -2.41. The Balaban J connectivity index is 1.69. The van der Waals surface area contributed by atoms with E-state index >= 15 is 0 Å². The van der Waals surface area contributed by atoms with Gasteiger partial charge in [0.25, 0.3) is 11.8 Å². The maximum absolute atomic E-state index is 12.4. The van der Waals surface area contributed by atoms with Crippen LogP contribution in [0.3, 0.4) is 0 Å². The van der Waals surface area contributed by atoms with Crippen LogP contribution in [0.25, 0.3) is 0 Å². The Morgan fingerprint density at radius 1 is 0.800 bits per heavy atom. The molecule has 1 aromatic heterocycles. The molecule has 0 saturated carbocycles. The van der Waals surface area contributed by atoms with Gasteiger partial charge in [-0.15, -0.1) is 0 Å². The van der Waals surface area contributed by atoms with Crippen LogP contribution in [0, 0.1) is 0 Å². The maximum Gasteiger partial charge on any atom is 0.273 e. The number of carbonyl (C=O) groups is 2. The van der Waals surface area contributed by atoms with Gasteiger partial charge >= 0.3 is 0 Å². The summed E-state index contributed by atoms with van der Waals surface area (Å²) in [7, 11) is 0. The zero-order valence-corrected chi connectivity index (χ0v) is 13.2. The highest BCUT2D eigenvalue weighted by Gasteiger charge is 2.14. The minimum atomic E-state index is -0.483. The molecule has 2 aromatic carbocycles. The molecule has 25 heavy (non-hydrogen) atoms. The summed E-state index contributed by atoms with van der Waals surface area (Å²) in [5.74, 6) is 0.0654. The average Bonchev–Trinajstić information content (AvgIpc) is 2.68. The van der Waals surface area contributed by atoms with Crippen LogP contribution >= 0.6 is 0 Å². The van der Waals surface area contributed by atoms with Gasteiger partial charge in [0.05, 0.1) is 11.1 Å². The SMILES string of the molecule is O=C(NNC(=O)c1ccccc1Oc1ccccc1)c1cccnc1. The number of pyridine rings is 1. The molecule has 2 N–H and O–H groups in total. The van der Waals surface area contributed by atoms with Gasteiger partial charge < -0.3 is 4.74 Å². The first kappa shape index (κ1) is 16.2. The number of amides is 2. The monoisotopic (exact) mass is 333 g/mol. The lowest BCUT2D eigenvalue weighted by Gasteiger charge is -2.12. The van der Waals surface area contributed by atoms with Crippen LogP contribution in [0.1, 0.15) is 20.7 Å². The van der Waals surface area contributed by atoms with Crippen molar-refractivity contribution in [1.29, 1.82) is 0 Å². The third-order valence-electron chi connectivity index (χ3n) is 3.32. The number of hydrogen-bond donors (Lipinski definition) is 2. The first-order valence-corrected chi connectivity index (χ1v) is 7.56. The second-order valence-electron chi connectivity index (χ2n) is 5.06. The normalized spacial score (nSPS) is 9.92. The zero-order valence-electron chi connectivity index (χ0n) is 13.2. The number of rotatable bonds is 4. The lowest BCUT2D eigenvalue weighted by atomic mass is 10.2. The molecular weight excluding hydrogens is 318 g/mol. The van der Waals surface area contributed by atoms with Crippen molar-refractivity contribution in [3.05, 3.63) is 90.3 Å². The van der Waals surface area contributed by atoms with Gasteiger partial charge in [0.15, 0.2) is 0 Å².